The number of carbonyl (C=O) groups excluding carboxylic acids is 2. The van der Waals surface area contributed by atoms with E-state index in [9.17, 15) is 9.59 Å². The summed E-state index contributed by atoms with van der Waals surface area (Å²) in [6.07, 6.45) is 0.845. The van der Waals surface area contributed by atoms with E-state index in [0.717, 1.165) is 0 Å². The molecular formula is C14H19N3O4. The molecule has 1 aliphatic heterocycles. The van der Waals surface area contributed by atoms with Crippen molar-refractivity contribution < 1.29 is 19.4 Å². The van der Waals surface area contributed by atoms with Gasteiger partial charge in [0.2, 0.25) is 5.91 Å². The lowest BCUT2D eigenvalue weighted by atomic mass is 10.00. The van der Waals surface area contributed by atoms with E-state index in [1.54, 1.807) is 20.8 Å². The highest BCUT2D eigenvalue weighted by Gasteiger charge is 2.37. The van der Waals surface area contributed by atoms with Gasteiger partial charge < -0.3 is 20.1 Å². The van der Waals surface area contributed by atoms with Crippen molar-refractivity contribution in [2.45, 2.75) is 26.4 Å². The van der Waals surface area contributed by atoms with Crippen LogP contribution in [0, 0.1) is 5.92 Å². The number of pyridine rings is 1. The zero-order valence-electron chi connectivity index (χ0n) is 12.3. The van der Waals surface area contributed by atoms with Crippen LogP contribution in [0.4, 0.5) is 10.6 Å². The van der Waals surface area contributed by atoms with Gasteiger partial charge in [0.05, 0.1) is 12.1 Å². The number of aromatic nitrogens is 1. The molecule has 1 saturated heterocycles. The Hall–Kier alpha value is -2.31. The number of aromatic hydroxyl groups is 1. The molecule has 7 heteroatoms. The molecule has 2 amide bonds. The molecule has 0 saturated carbocycles. The first-order valence-electron chi connectivity index (χ1n) is 6.68. The van der Waals surface area contributed by atoms with Gasteiger partial charge in [-0.1, -0.05) is 0 Å². The van der Waals surface area contributed by atoms with Crippen LogP contribution in [-0.4, -0.2) is 45.7 Å². The molecule has 1 aliphatic rings. The highest BCUT2D eigenvalue weighted by molar-refractivity contribution is 5.93. The maximum atomic E-state index is 11.9. The summed E-state index contributed by atoms with van der Waals surface area (Å²) in [6, 6.07) is 2.95. The maximum absolute atomic E-state index is 11.9. The minimum atomic E-state index is -0.541. The van der Waals surface area contributed by atoms with E-state index >= 15 is 0 Å². The molecule has 0 aliphatic carbocycles. The van der Waals surface area contributed by atoms with Crippen LogP contribution in [0.1, 0.15) is 20.8 Å². The van der Waals surface area contributed by atoms with Crippen molar-refractivity contribution in [3.63, 3.8) is 0 Å². The predicted octanol–water partition coefficient (Wildman–Crippen LogP) is 1.59. The van der Waals surface area contributed by atoms with Crippen LogP contribution in [0.2, 0.25) is 0 Å². The van der Waals surface area contributed by atoms with Gasteiger partial charge >= 0.3 is 6.09 Å². The van der Waals surface area contributed by atoms with Crippen LogP contribution in [0.15, 0.2) is 18.3 Å². The van der Waals surface area contributed by atoms with Crippen LogP contribution < -0.4 is 5.32 Å². The molecule has 0 aromatic carbocycles. The number of ether oxygens (including phenoxy) is 1. The van der Waals surface area contributed by atoms with E-state index in [2.05, 4.69) is 10.3 Å². The Balaban J connectivity index is 1.80. The van der Waals surface area contributed by atoms with Gasteiger partial charge in [0, 0.05) is 13.1 Å². The predicted molar refractivity (Wildman–Crippen MR) is 75.8 cm³/mol. The Kier molecular flexibility index (Phi) is 4.02. The van der Waals surface area contributed by atoms with Crippen molar-refractivity contribution in [2.24, 2.45) is 5.92 Å². The van der Waals surface area contributed by atoms with Gasteiger partial charge in [0.1, 0.15) is 17.2 Å². The molecule has 0 spiro atoms. The van der Waals surface area contributed by atoms with E-state index in [1.807, 2.05) is 0 Å². The van der Waals surface area contributed by atoms with E-state index in [-0.39, 0.29) is 17.6 Å². The summed E-state index contributed by atoms with van der Waals surface area (Å²) in [5, 5.41) is 11.8. The molecule has 0 atom stereocenters. The molecule has 114 valence electrons. The van der Waals surface area contributed by atoms with Crippen molar-refractivity contribution in [1.82, 2.24) is 9.88 Å². The molecule has 7 nitrogen and oxygen atoms in total. The zero-order chi connectivity index (χ0) is 15.6. The average molecular weight is 293 g/mol. The van der Waals surface area contributed by atoms with Gasteiger partial charge in [0.15, 0.2) is 0 Å². The summed E-state index contributed by atoms with van der Waals surface area (Å²) >= 11 is 0. The van der Waals surface area contributed by atoms with Crippen LogP contribution in [0.5, 0.6) is 5.75 Å². The van der Waals surface area contributed by atoms with Crippen molar-refractivity contribution in [3.8, 4) is 5.75 Å². The third kappa shape index (κ3) is 4.08. The number of rotatable bonds is 2. The fraction of sp³-hybridized carbons (Fsp3) is 0.500. The lowest BCUT2D eigenvalue weighted by molar-refractivity contribution is -0.124. The SMILES string of the molecule is CC(C)(C)OC(=O)N1CC(C(=O)Nc2ccc(O)cn2)C1. The van der Waals surface area contributed by atoms with Crippen molar-refractivity contribution in [3.05, 3.63) is 18.3 Å². The van der Waals surface area contributed by atoms with Crippen LogP contribution in [0.3, 0.4) is 0 Å². The van der Waals surface area contributed by atoms with Gasteiger partial charge in [0.25, 0.3) is 0 Å². The monoisotopic (exact) mass is 293 g/mol. The highest BCUT2D eigenvalue weighted by Crippen LogP contribution is 2.21. The van der Waals surface area contributed by atoms with Crippen molar-refractivity contribution in [1.29, 1.82) is 0 Å². The first-order chi connectivity index (χ1) is 9.74. The van der Waals surface area contributed by atoms with E-state index in [4.69, 9.17) is 9.84 Å². The number of amides is 2. The van der Waals surface area contributed by atoms with Crippen LogP contribution in [-0.2, 0) is 9.53 Å². The van der Waals surface area contributed by atoms with Gasteiger partial charge in [-0.15, -0.1) is 0 Å². The number of hydrogen-bond donors (Lipinski definition) is 2. The molecule has 2 N–H and O–H groups in total. The summed E-state index contributed by atoms with van der Waals surface area (Å²) in [5.41, 5.74) is -0.541. The molecule has 1 aromatic rings. The third-order valence-electron chi connectivity index (χ3n) is 2.90. The molecule has 0 bridgehead atoms. The summed E-state index contributed by atoms with van der Waals surface area (Å²) in [4.78, 5) is 29.0. The van der Waals surface area contributed by atoms with Gasteiger partial charge in [-0.05, 0) is 32.9 Å². The molecule has 0 radical (unpaired) electrons. The fourth-order valence-electron chi connectivity index (χ4n) is 1.81. The minimum absolute atomic E-state index is 0.0349. The lowest BCUT2D eigenvalue weighted by Gasteiger charge is -2.38. The number of carbonyl (C=O) groups is 2. The summed E-state index contributed by atoms with van der Waals surface area (Å²) in [7, 11) is 0. The van der Waals surface area contributed by atoms with E-state index in [1.165, 1.54) is 23.2 Å². The molecule has 0 unspecified atom stereocenters. The summed E-state index contributed by atoms with van der Waals surface area (Å²) in [5.74, 6) is -0.0672. The van der Waals surface area contributed by atoms with Gasteiger partial charge in [-0.25, -0.2) is 9.78 Å². The largest absolute Gasteiger partial charge is 0.506 e. The maximum Gasteiger partial charge on any atom is 0.410 e. The first kappa shape index (κ1) is 15.1. The average Bonchev–Trinajstić information content (AvgIpc) is 2.27. The van der Waals surface area contributed by atoms with Crippen LogP contribution in [0.25, 0.3) is 0 Å². The Labute approximate surface area is 122 Å². The van der Waals surface area contributed by atoms with Gasteiger partial charge in [-0.3, -0.25) is 4.79 Å². The number of anilines is 1. The zero-order valence-corrected chi connectivity index (χ0v) is 12.3. The van der Waals surface area contributed by atoms with Crippen molar-refractivity contribution >= 4 is 17.8 Å². The number of nitrogens with one attached hydrogen (secondary N) is 1. The highest BCUT2D eigenvalue weighted by atomic mass is 16.6. The number of hydrogen-bond acceptors (Lipinski definition) is 5. The minimum Gasteiger partial charge on any atom is -0.506 e. The Morgan fingerprint density at radius 3 is 2.57 bits per heavy atom. The normalized spacial score (nSPS) is 15.3. The van der Waals surface area contributed by atoms with E-state index in [0.29, 0.717) is 18.9 Å². The van der Waals surface area contributed by atoms with Crippen molar-refractivity contribution in [2.75, 3.05) is 18.4 Å². The third-order valence-corrected chi connectivity index (χ3v) is 2.90. The molecule has 1 aromatic heterocycles. The number of likely N-dealkylation sites (tertiary alicyclic amines) is 1. The molecular weight excluding hydrogens is 274 g/mol. The second kappa shape index (κ2) is 5.59. The second-order valence-electron chi connectivity index (χ2n) is 5.97. The summed E-state index contributed by atoms with van der Waals surface area (Å²) < 4.78 is 5.22. The topological polar surface area (TPSA) is 91.8 Å². The molecule has 1 fully saturated rings. The number of nitrogens with zero attached hydrogens (tertiary/aromatic N) is 2. The van der Waals surface area contributed by atoms with E-state index < -0.39 is 11.7 Å². The first-order valence-corrected chi connectivity index (χ1v) is 6.68. The Bertz CT molecular complexity index is 530. The standard InChI is InChI=1S/C14H19N3O4/c1-14(2,3)21-13(20)17-7-9(8-17)12(19)16-11-5-4-10(18)6-15-11/h4-6,9,18H,7-8H2,1-3H3,(H,15,16,19). The molecule has 21 heavy (non-hydrogen) atoms. The van der Waals surface area contributed by atoms with Gasteiger partial charge in [-0.2, -0.15) is 0 Å². The smallest absolute Gasteiger partial charge is 0.410 e. The van der Waals surface area contributed by atoms with Crippen LogP contribution >= 0.6 is 0 Å². The lowest BCUT2D eigenvalue weighted by Crippen LogP contribution is -2.55. The Morgan fingerprint density at radius 1 is 1.38 bits per heavy atom. The fourth-order valence-corrected chi connectivity index (χ4v) is 1.81. The quantitative estimate of drug-likeness (QED) is 0.864. The Morgan fingerprint density at radius 2 is 2.05 bits per heavy atom. The molecule has 2 heterocycles. The second-order valence-corrected chi connectivity index (χ2v) is 5.97. The summed E-state index contributed by atoms with van der Waals surface area (Å²) in [6.45, 7) is 6.06. The molecule has 2 rings (SSSR count).